The average molecular weight is 430 g/mol. The van der Waals surface area contributed by atoms with Gasteiger partial charge in [0.2, 0.25) is 5.91 Å². The van der Waals surface area contributed by atoms with Gasteiger partial charge in [-0.15, -0.1) is 0 Å². The molecule has 2 N–H and O–H groups in total. The number of carbonyl (C=O) groups is 2. The van der Waals surface area contributed by atoms with Crippen molar-refractivity contribution in [2.45, 2.75) is 39.0 Å². The van der Waals surface area contributed by atoms with E-state index in [1.165, 1.54) is 6.42 Å². The lowest BCUT2D eigenvalue weighted by Crippen LogP contribution is -2.34. The maximum absolute atomic E-state index is 13.5. The van der Waals surface area contributed by atoms with Crippen LogP contribution in [0.4, 0.5) is 5.69 Å². The Labute approximate surface area is 187 Å². The number of carbonyl (C=O) groups excluding carboxylic acids is 2. The van der Waals surface area contributed by atoms with Gasteiger partial charge in [0.1, 0.15) is 0 Å². The molecule has 0 aliphatic carbocycles. The van der Waals surface area contributed by atoms with E-state index in [0.717, 1.165) is 48.5 Å². The number of Topliss-reactive ketones (excluding diaryl/α,β-unsaturated/α-hetero) is 1. The number of nitrogens with two attached hydrogens (primary N) is 1. The molecule has 1 saturated heterocycles. The molecule has 7 heteroatoms. The van der Waals surface area contributed by atoms with Gasteiger partial charge in [0.25, 0.3) is 0 Å². The maximum Gasteiger partial charge on any atom is 0.217 e. The van der Waals surface area contributed by atoms with Crippen molar-refractivity contribution in [1.82, 2.24) is 14.5 Å². The highest BCUT2D eigenvalue weighted by Gasteiger charge is 2.24. The van der Waals surface area contributed by atoms with E-state index in [9.17, 15) is 9.59 Å². The largest absolute Gasteiger partial charge is 0.370 e. The van der Waals surface area contributed by atoms with Gasteiger partial charge in [0, 0.05) is 23.5 Å². The van der Waals surface area contributed by atoms with E-state index in [1.54, 1.807) is 12.1 Å². The highest BCUT2D eigenvalue weighted by Crippen LogP contribution is 2.30. The quantitative estimate of drug-likeness (QED) is 0.455. The van der Waals surface area contributed by atoms with Gasteiger partial charge in [-0.2, -0.15) is 0 Å². The molecule has 1 amide bonds. The summed E-state index contributed by atoms with van der Waals surface area (Å²) in [7, 11) is 0. The minimum atomic E-state index is -0.373. The van der Waals surface area contributed by atoms with Gasteiger partial charge in [-0.05, 0) is 63.5 Å². The molecule has 3 heterocycles. The van der Waals surface area contributed by atoms with Crippen LogP contribution >= 0.6 is 0 Å². The Morgan fingerprint density at radius 1 is 1.09 bits per heavy atom. The van der Waals surface area contributed by atoms with E-state index >= 15 is 0 Å². The third-order valence-corrected chi connectivity index (χ3v) is 6.07. The summed E-state index contributed by atoms with van der Waals surface area (Å²) in [4.78, 5) is 35.2. The molecule has 1 aliphatic heterocycles. The van der Waals surface area contributed by atoms with E-state index in [1.807, 2.05) is 35.8 Å². The summed E-state index contributed by atoms with van der Waals surface area (Å²) in [6.07, 6.45) is 4.12. The fourth-order valence-electron chi connectivity index (χ4n) is 4.45. The Morgan fingerprint density at radius 3 is 2.47 bits per heavy atom. The van der Waals surface area contributed by atoms with E-state index in [2.05, 4.69) is 9.74 Å². The summed E-state index contributed by atoms with van der Waals surface area (Å²) < 4.78 is 2.03. The molecule has 164 valence electrons. The highest BCUT2D eigenvalue weighted by molar-refractivity contribution is 6.09. The number of fused-ring (bicyclic) bond motifs is 1. The zero-order valence-electron chi connectivity index (χ0n) is 18.3. The Bertz CT molecular complexity index is 1200. The Kier molecular flexibility index (Phi) is 6.33. The van der Waals surface area contributed by atoms with E-state index in [4.69, 9.17) is 17.3 Å². The molecular weight excluding hydrogens is 402 g/mol. The fraction of sp³-hybridized carbons (Fsp3) is 0.360. The lowest BCUT2D eigenvalue weighted by atomic mass is 10.1. The molecule has 2 aromatic heterocycles. The number of ketones is 1. The molecule has 0 spiro atoms. The lowest BCUT2D eigenvalue weighted by Gasteiger charge is -2.25. The van der Waals surface area contributed by atoms with Crippen molar-refractivity contribution in [3.05, 3.63) is 64.8 Å². The molecule has 0 atom stereocenters. The minimum absolute atomic E-state index is 0.0606. The van der Waals surface area contributed by atoms with Crippen molar-refractivity contribution in [3.8, 4) is 5.69 Å². The fourth-order valence-corrected chi connectivity index (χ4v) is 4.45. The number of primary amides is 1. The van der Waals surface area contributed by atoms with Crippen LogP contribution in [-0.2, 0) is 11.2 Å². The van der Waals surface area contributed by atoms with E-state index in [0.29, 0.717) is 29.7 Å². The standard InChI is InChI=1S/C25H27N5O2/c1-17-24(22(31)16-29-14-4-3-5-15-29)25-21(12-8-19(28-25)9-13-23(26)32)30(17)20-10-6-18(27-2)7-11-20/h6-8,10-12H,3-5,9,13-16H2,1H3,(H2,26,32). The number of nitrogens with zero attached hydrogens (tertiary/aromatic N) is 4. The SMILES string of the molecule is [C-]#[N+]c1ccc(-n2c(C)c(C(=O)CN3CCCCC3)c3nc(CCC(N)=O)ccc32)cc1. The first-order chi connectivity index (χ1) is 15.5. The number of hydrogen-bond acceptors (Lipinski definition) is 4. The second-order valence-electron chi connectivity index (χ2n) is 8.32. The first kappa shape index (κ1) is 21.7. The van der Waals surface area contributed by atoms with Crippen LogP contribution in [0.15, 0.2) is 36.4 Å². The molecule has 1 fully saturated rings. The van der Waals surface area contributed by atoms with Crippen LogP contribution in [-0.4, -0.2) is 45.8 Å². The van der Waals surface area contributed by atoms with Crippen molar-refractivity contribution >= 4 is 28.4 Å². The Morgan fingerprint density at radius 2 is 1.81 bits per heavy atom. The summed E-state index contributed by atoms with van der Waals surface area (Å²) >= 11 is 0. The number of benzene rings is 1. The monoisotopic (exact) mass is 429 g/mol. The van der Waals surface area contributed by atoms with Crippen molar-refractivity contribution in [3.63, 3.8) is 0 Å². The molecular formula is C25H27N5O2. The summed E-state index contributed by atoms with van der Waals surface area (Å²) in [5, 5.41) is 0. The number of aromatic nitrogens is 2. The third-order valence-electron chi connectivity index (χ3n) is 6.07. The summed E-state index contributed by atoms with van der Waals surface area (Å²) in [6.45, 7) is 11.4. The van der Waals surface area contributed by atoms with Crippen LogP contribution in [0.2, 0.25) is 0 Å². The van der Waals surface area contributed by atoms with Gasteiger partial charge in [0.15, 0.2) is 11.5 Å². The molecule has 1 aliphatic rings. The highest BCUT2D eigenvalue weighted by atomic mass is 16.1. The second-order valence-corrected chi connectivity index (χ2v) is 8.32. The van der Waals surface area contributed by atoms with Gasteiger partial charge in [-0.3, -0.25) is 19.5 Å². The van der Waals surface area contributed by atoms with E-state index in [-0.39, 0.29) is 18.1 Å². The second kappa shape index (κ2) is 9.33. The van der Waals surface area contributed by atoms with Crippen LogP contribution in [0.3, 0.4) is 0 Å². The number of aryl methyl sites for hydroxylation is 1. The molecule has 0 saturated carbocycles. The van der Waals surface area contributed by atoms with Gasteiger partial charge in [0.05, 0.1) is 29.7 Å². The smallest absolute Gasteiger partial charge is 0.217 e. The first-order valence-electron chi connectivity index (χ1n) is 11.0. The van der Waals surface area contributed by atoms with Crippen LogP contribution in [0.25, 0.3) is 21.6 Å². The van der Waals surface area contributed by atoms with Crippen LogP contribution in [0.5, 0.6) is 0 Å². The zero-order chi connectivity index (χ0) is 22.7. The molecule has 32 heavy (non-hydrogen) atoms. The van der Waals surface area contributed by atoms with Crippen molar-refractivity contribution in [1.29, 1.82) is 0 Å². The molecule has 4 rings (SSSR count). The normalized spacial score (nSPS) is 14.4. The molecule has 0 unspecified atom stereocenters. The molecule has 7 nitrogen and oxygen atoms in total. The third kappa shape index (κ3) is 4.41. The van der Waals surface area contributed by atoms with Gasteiger partial charge in [-0.25, -0.2) is 4.85 Å². The van der Waals surface area contributed by atoms with Crippen LogP contribution in [0.1, 0.15) is 47.4 Å². The number of piperidine rings is 1. The van der Waals surface area contributed by atoms with Crippen molar-refractivity contribution in [2.24, 2.45) is 5.73 Å². The summed E-state index contributed by atoms with van der Waals surface area (Å²) in [6, 6.07) is 11.2. The van der Waals surface area contributed by atoms with Crippen molar-refractivity contribution in [2.75, 3.05) is 19.6 Å². The maximum atomic E-state index is 13.5. The van der Waals surface area contributed by atoms with Gasteiger partial charge in [-0.1, -0.05) is 18.6 Å². The number of amides is 1. The van der Waals surface area contributed by atoms with E-state index < -0.39 is 0 Å². The number of rotatable bonds is 7. The summed E-state index contributed by atoms with van der Waals surface area (Å²) in [5.41, 5.74) is 10.4. The number of likely N-dealkylation sites (tertiary alicyclic amines) is 1. The first-order valence-corrected chi connectivity index (χ1v) is 11.0. The average Bonchev–Trinajstić information content (AvgIpc) is 3.09. The molecule has 0 bridgehead atoms. The molecule has 1 aromatic carbocycles. The van der Waals surface area contributed by atoms with Crippen LogP contribution < -0.4 is 5.73 Å². The zero-order valence-corrected chi connectivity index (χ0v) is 18.3. The number of hydrogen-bond donors (Lipinski definition) is 1. The summed E-state index contributed by atoms with van der Waals surface area (Å²) in [5.74, 6) is -0.313. The lowest BCUT2D eigenvalue weighted by molar-refractivity contribution is -0.118. The van der Waals surface area contributed by atoms with Crippen molar-refractivity contribution < 1.29 is 9.59 Å². The topological polar surface area (TPSA) is 85.6 Å². The number of pyridine rings is 1. The molecule has 0 radical (unpaired) electrons. The predicted molar refractivity (Wildman–Crippen MR) is 124 cm³/mol. The Balaban J connectivity index is 1.80. The molecule has 3 aromatic rings. The minimum Gasteiger partial charge on any atom is -0.370 e. The predicted octanol–water partition coefficient (Wildman–Crippen LogP) is 3.97. The van der Waals surface area contributed by atoms with Gasteiger partial charge < -0.3 is 10.3 Å². The Hall–Kier alpha value is -3.50. The van der Waals surface area contributed by atoms with Gasteiger partial charge >= 0.3 is 0 Å². The van der Waals surface area contributed by atoms with Crippen LogP contribution in [0, 0.1) is 13.5 Å².